The largest absolute Gasteiger partial charge is 0.359 e. The van der Waals surface area contributed by atoms with Crippen molar-refractivity contribution in [3.63, 3.8) is 0 Å². The SMILES string of the molecule is O=C1c2ccccc2N[C@@H](c2cccc([N+](=O)[O-])c2)N1N=C1CCCCCC1. The summed E-state index contributed by atoms with van der Waals surface area (Å²) in [5, 5.41) is 20.7. The number of hydrogen-bond acceptors (Lipinski definition) is 5. The van der Waals surface area contributed by atoms with Crippen LogP contribution >= 0.6 is 0 Å². The number of nitro benzene ring substituents is 1. The number of carbonyl (C=O) groups is 1. The standard InChI is InChI=1S/C21H22N4O3/c26-21-18-12-5-6-13-19(18)22-20(15-8-7-11-17(14-15)25(27)28)24(21)23-16-9-3-1-2-4-10-16/h5-8,11-14,20,22H,1-4,9-10H2/t20-/m1/s1. The van der Waals surface area contributed by atoms with Gasteiger partial charge in [-0.1, -0.05) is 37.1 Å². The number of benzene rings is 2. The second-order valence-electron chi connectivity index (χ2n) is 7.17. The second kappa shape index (κ2) is 7.80. The Morgan fingerprint density at radius 2 is 1.79 bits per heavy atom. The van der Waals surface area contributed by atoms with Gasteiger partial charge in [0.2, 0.25) is 0 Å². The van der Waals surface area contributed by atoms with Crippen LogP contribution in [-0.4, -0.2) is 21.6 Å². The first-order chi connectivity index (χ1) is 13.6. The maximum atomic E-state index is 13.2. The first kappa shape index (κ1) is 18.2. The Bertz CT molecular complexity index is 931. The molecular formula is C21H22N4O3. The number of carbonyl (C=O) groups excluding carboxylic acids is 1. The van der Waals surface area contributed by atoms with Gasteiger partial charge in [-0.05, 0) is 37.8 Å². The van der Waals surface area contributed by atoms with E-state index < -0.39 is 11.1 Å². The van der Waals surface area contributed by atoms with E-state index in [0.717, 1.165) is 31.4 Å². The van der Waals surface area contributed by atoms with E-state index >= 15 is 0 Å². The number of nitro groups is 1. The third-order valence-corrected chi connectivity index (χ3v) is 5.23. The highest BCUT2D eigenvalue weighted by Crippen LogP contribution is 2.34. The number of non-ortho nitro benzene ring substituents is 1. The lowest BCUT2D eigenvalue weighted by Gasteiger charge is -2.35. The van der Waals surface area contributed by atoms with Crippen molar-refractivity contribution < 1.29 is 9.72 Å². The lowest BCUT2D eigenvalue weighted by atomic mass is 10.0. The van der Waals surface area contributed by atoms with Crippen LogP contribution in [0.2, 0.25) is 0 Å². The van der Waals surface area contributed by atoms with Crippen molar-refractivity contribution in [2.75, 3.05) is 5.32 Å². The summed E-state index contributed by atoms with van der Waals surface area (Å²) in [5.74, 6) is -0.192. The molecule has 0 bridgehead atoms. The Morgan fingerprint density at radius 1 is 1.04 bits per heavy atom. The van der Waals surface area contributed by atoms with Crippen LogP contribution in [-0.2, 0) is 0 Å². The number of amides is 1. The minimum Gasteiger partial charge on any atom is -0.359 e. The van der Waals surface area contributed by atoms with Crippen molar-refractivity contribution in [3.8, 4) is 0 Å². The molecular weight excluding hydrogens is 356 g/mol. The molecule has 0 saturated heterocycles. The molecule has 1 aliphatic carbocycles. The second-order valence-corrected chi connectivity index (χ2v) is 7.17. The van der Waals surface area contributed by atoms with Crippen LogP contribution in [0.15, 0.2) is 53.6 Å². The van der Waals surface area contributed by atoms with Crippen LogP contribution in [0, 0.1) is 10.1 Å². The zero-order chi connectivity index (χ0) is 19.5. The van der Waals surface area contributed by atoms with Crippen LogP contribution in [0.25, 0.3) is 0 Å². The molecule has 4 rings (SSSR count). The van der Waals surface area contributed by atoms with E-state index in [0.29, 0.717) is 16.8 Å². The molecule has 0 spiro atoms. The van der Waals surface area contributed by atoms with Crippen molar-refractivity contribution in [1.29, 1.82) is 0 Å². The normalized spacial score (nSPS) is 19.4. The highest BCUT2D eigenvalue weighted by Gasteiger charge is 2.34. The van der Waals surface area contributed by atoms with Gasteiger partial charge in [0.05, 0.1) is 10.5 Å². The van der Waals surface area contributed by atoms with Gasteiger partial charge in [-0.15, -0.1) is 0 Å². The van der Waals surface area contributed by atoms with Gasteiger partial charge < -0.3 is 5.32 Å². The summed E-state index contributed by atoms with van der Waals surface area (Å²) in [6.45, 7) is 0. The van der Waals surface area contributed by atoms with Gasteiger partial charge in [0.1, 0.15) is 0 Å². The predicted octanol–water partition coefficient (Wildman–Crippen LogP) is 4.87. The van der Waals surface area contributed by atoms with E-state index in [2.05, 4.69) is 5.32 Å². The molecule has 1 atom stereocenters. The molecule has 0 aromatic heterocycles. The lowest BCUT2D eigenvalue weighted by molar-refractivity contribution is -0.384. The zero-order valence-corrected chi connectivity index (χ0v) is 15.5. The summed E-state index contributed by atoms with van der Waals surface area (Å²) < 4.78 is 0. The van der Waals surface area contributed by atoms with E-state index in [9.17, 15) is 14.9 Å². The monoisotopic (exact) mass is 378 g/mol. The first-order valence-corrected chi connectivity index (χ1v) is 9.63. The molecule has 144 valence electrons. The highest BCUT2D eigenvalue weighted by atomic mass is 16.6. The van der Waals surface area contributed by atoms with E-state index in [-0.39, 0.29) is 11.6 Å². The summed E-state index contributed by atoms with van der Waals surface area (Å²) in [6, 6.07) is 13.7. The average Bonchev–Trinajstić information content (AvgIpc) is 2.99. The Labute approximate surface area is 163 Å². The number of nitrogens with one attached hydrogen (secondary N) is 1. The molecule has 1 aliphatic heterocycles. The fourth-order valence-electron chi connectivity index (χ4n) is 3.77. The minimum absolute atomic E-state index is 0.00678. The van der Waals surface area contributed by atoms with Gasteiger partial charge in [0.15, 0.2) is 6.17 Å². The maximum Gasteiger partial charge on any atom is 0.278 e. The topological polar surface area (TPSA) is 87.8 Å². The van der Waals surface area contributed by atoms with Crippen molar-refractivity contribution in [2.24, 2.45) is 5.10 Å². The quantitative estimate of drug-likeness (QED) is 0.469. The number of hydrazone groups is 1. The molecule has 2 aliphatic rings. The number of nitrogens with zero attached hydrogens (tertiary/aromatic N) is 3. The van der Waals surface area contributed by atoms with E-state index in [4.69, 9.17) is 5.10 Å². The summed E-state index contributed by atoms with van der Waals surface area (Å²) in [6.07, 6.45) is 5.70. The minimum atomic E-state index is -0.585. The fourth-order valence-corrected chi connectivity index (χ4v) is 3.77. The average molecular weight is 378 g/mol. The Kier molecular flexibility index (Phi) is 5.06. The fraction of sp³-hybridized carbons (Fsp3) is 0.333. The number of hydrogen-bond donors (Lipinski definition) is 1. The van der Waals surface area contributed by atoms with Gasteiger partial charge in [-0.3, -0.25) is 14.9 Å². The van der Waals surface area contributed by atoms with Crippen LogP contribution in [0.3, 0.4) is 0 Å². The Hall–Kier alpha value is -3.22. The van der Waals surface area contributed by atoms with Crippen LogP contribution < -0.4 is 5.32 Å². The molecule has 1 N–H and O–H groups in total. The number of anilines is 1. The molecule has 7 nitrogen and oxygen atoms in total. The van der Waals surface area contributed by atoms with E-state index in [1.165, 1.54) is 30.0 Å². The van der Waals surface area contributed by atoms with Crippen molar-refractivity contribution in [1.82, 2.24) is 5.01 Å². The molecule has 2 aromatic carbocycles. The van der Waals surface area contributed by atoms with Crippen molar-refractivity contribution in [3.05, 3.63) is 69.8 Å². The van der Waals surface area contributed by atoms with Gasteiger partial charge in [-0.25, -0.2) is 5.01 Å². The molecule has 0 radical (unpaired) electrons. The number of para-hydroxylation sites is 1. The van der Waals surface area contributed by atoms with E-state index in [1.54, 1.807) is 18.2 Å². The molecule has 1 amide bonds. The summed E-state index contributed by atoms with van der Waals surface area (Å²) in [7, 11) is 0. The predicted molar refractivity (Wildman–Crippen MR) is 107 cm³/mol. The third-order valence-electron chi connectivity index (χ3n) is 5.23. The maximum absolute atomic E-state index is 13.2. The van der Waals surface area contributed by atoms with Gasteiger partial charge >= 0.3 is 0 Å². The lowest BCUT2D eigenvalue weighted by Crippen LogP contribution is -2.40. The smallest absolute Gasteiger partial charge is 0.278 e. The summed E-state index contributed by atoms with van der Waals surface area (Å²) >= 11 is 0. The van der Waals surface area contributed by atoms with Crippen LogP contribution in [0.1, 0.15) is 60.6 Å². The first-order valence-electron chi connectivity index (χ1n) is 9.63. The molecule has 28 heavy (non-hydrogen) atoms. The molecule has 0 unspecified atom stereocenters. The highest BCUT2D eigenvalue weighted by molar-refractivity contribution is 6.02. The zero-order valence-electron chi connectivity index (χ0n) is 15.5. The van der Waals surface area contributed by atoms with E-state index in [1.807, 2.05) is 18.2 Å². The summed E-state index contributed by atoms with van der Waals surface area (Å²) in [4.78, 5) is 24.0. The van der Waals surface area contributed by atoms with Crippen molar-refractivity contribution >= 4 is 23.0 Å². The molecule has 2 aromatic rings. The molecule has 7 heteroatoms. The number of rotatable bonds is 3. The van der Waals surface area contributed by atoms with Gasteiger partial charge in [0.25, 0.3) is 11.6 Å². The van der Waals surface area contributed by atoms with Crippen LogP contribution in [0.5, 0.6) is 0 Å². The summed E-state index contributed by atoms with van der Waals surface area (Å²) in [5.41, 5.74) is 2.91. The Morgan fingerprint density at radius 3 is 2.54 bits per heavy atom. The third kappa shape index (κ3) is 3.60. The molecule has 1 fully saturated rings. The van der Waals surface area contributed by atoms with Gasteiger partial charge in [0, 0.05) is 29.1 Å². The van der Waals surface area contributed by atoms with Crippen molar-refractivity contribution in [2.45, 2.75) is 44.7 Å². The number of fused-ring (bicyclic) bond motifs is 1. The molecule has 1 heterocycles. The van der Waals surface area contributed by atoms with Gasteiger partial charge in [-0.2, -0.15) is 5.10 Å². The van der Waals surface area contributed by atoms with Crippen LogP contribution in [0.4, 0.5) is 11.4 Å². The Balaban J connectivity index is 1.77. The molecule has 1 saturated carbocycles.